The molecule has 1 heterocycles. The van der Waals surface area contributed by atoms with E-state index in [1.165, 1.54) is 77.4 Å². The highest BCUT2D eigenvalue weighted by atomic mass is 15.1. The van der Waals surface area contributed by atoms with Gasteiger partial charge < -0.3 is 10.2 Å². The Morgan fingerprint density at radius 1 is 1.15 bits per heavy atom. The van der Waals surface area contributed by atoms with Crippen molar-refractivity contribution in [2.45, 2.75) is 91.5 Å². The zero-order valence-corrected chi connectivity index (χ0v) is 17.8. The molecule has 0 amide bonds. The summed E-state index contributed by atoms with van der Waals surface area (Å²) in [7, 11) is 0. The minimum atomic E-state index is 0.575. The molecule has 0 aromatic carbocycles. The Kier molecular flexibility index (Phi) is 6.88. The van der Waals surface area contributed by atoms with Crippen LogP contribution < -0.4 is 5.32 Å². The number of nitrogens with zero attached hydrogens (tertiary/aromatic N) is 1. The van der Waals surface area contributed by atoms with Crippen LogP contribution in [0.4, 0.5) is 0 Å². The van der Waals surface area contributed by atoms with Gasteiger partial charge in [-0.05, 0) is 88.2 Å². The van der Waals surface area contributed by atoms with Gasteiger partial charge in [0.2, 0.25) is 0 Å². The Morgan fingerprint density at radius 3 is 2.77 bits per heavy atom. The molecule has 1 aliphatic heterocycles. The molecule has 148 valence electrons. The quantitative estimate of drug-likeness (QED) is 0.516. The van der Waals surface area contributed by atoms with Gasteiger partial charge in [0.15, 0.2) is 0 Å². The first-order valence-corrected chi connectivity index (χ1v) is 11.4. The minimum Gasteiger partial charge on any atom is -0.388 e. The lowest BCUT2D eigenvalue weighted by molar-refractivity contribution is 0.193. The van der Waals surface area contributed by atoms with Gasteiger partial charge >= 0.3 is 0 Å². The molecule has 3 aliphatic rings. The molecule has 3 rings (SSSR count). The van der Waals surface area contributed by atoms with Crippen molar-refractivity contribution in [1.29, 1.82) is 0 Å². The smallest absolute Gasteiger partial charge is 0.0147 e. The first kappa shape index (κ1) is 20.0. The van der Waals surface area contributed by atoms with E-state index in [0.29, 0.717) is 11.5 Å². The van der Waals surface area contributed by atoms with Crippen molar-refractivity contribution in [2.75, 3.05) is 19.6 Å². The third-order valence-electron chi connectivity index (χ3n) is 6.91. The molecule has 2 unspecified atom stereocenters. The van der Waals surface area contributed by atoms with Crippen LogP contribution in [0.25, 0.3) is 0 Å². The van der Waals surface area contributed by atoms with Crippen LogP contribution >= 0.6 is 0 Å². The molecule has 2 atom stereocenters. The van der Waals surface area contributed by atoms with E-state index >= 15 is 0 Å². The van der Waals surface area contributed by atoms with Crippen LogP contribution in [-0.4, -0.2) is 30.6 Å². The van der Waals surface area contributed by atoms with Gasteiger partial charge in [0.05, 0.1) is 0 Å². The van der Waals surface area contributed by atoms with Gasteiger partial charge in [-0.3, -0.25) is 0 Å². The zero-order chi connectivity index (χ0) is 18.6. The summed E-state index contributed by atoms with van der Waals surface area (Å²) in [5.41, 5.74) is 3.75. The van der Waals surface area contributed by atoms with Crippen LogP contribution in [0.15, 0.2) is 23.4 Å². The molecule has 1 N–H and O–H groups in total. The lowest BCUT2D eigenvalue weighted by Gasteiger charge is -2.28. The molecule has 0 spiro atoms. The predicted molar refractivity (Wildman–Crippen MR) is 113 cm³/mol. The summed E-state index contributed by atoms with van der Waals surface area (Å²) in [6.45, 7) is 13.1. The number of allylic oxidation sites excluding steroid dienone is 4. The largest absolute Gasteiger partial charge is 0.388 e. The summed E-state index contributed by atoms with van der Waals surface area (Å²) < 4.78 is 0. The second-order valence-corrected chi connectivity index (χ2v) is 9.83. The minimum absolute atomic E-state index is 0.575. The third-order valence-corrected chi connectivity index (χ3v) is 6.91. The lowest BCUT2D eigenvalue weighted by Crippen LogP contribution is -2.34. The van der Waals surface area contributed by atoms with Crippen LogP contribution in [-0.2, 0) is 0 Å². The van der Waals surface area contributed by atoms with E-state index < -0.39 is 0 Å². The molecule has 1 saturated carbocycles. The number of fused-ring (bicyclic) bond motifs is 1. The maximum atomic E-state index is 3.66. The fourth-order valence-electron chi connectivity index (χ4n) is 5.16. The van der Waals surface area contributed by atoms with Crippen LogP contribution in [0.3, 0.4) is 0 Å². The summed E-state index contributed by atoms with van der Waals surface area (Å²) in [6.07, 6.45) is 17.5. The zero-order valence-electron chi connectivity index (χ0n) is 17.8. The van der Waals surface area contributed by atoms with Crippen molar-refractivity contribution in [3.05, 3.63) is 23.4 Å². The van der Waals surface area contributed by atoms with E-state index in [4.69, 9.17) is 0 Å². The van der Waals surface area contributed by atoms with Crippen molar-refractivity contribution >= 4 is 0 Å². The maximum Gasteiger partial charge on any atom is 0.0147 e. The topological polar surface area (TPSA) is 15.3 Å². The summed E-state index contributed by atoms with van der Waals surface area (Å²) in [4.78, 5) is 2.67. The SMILES string of the molecule is CC(C)CN(CCCCCC12/C=C\C3=C(CCC1C2)NCCC3)C(C)C. The Labute approximate surface area is 162 Å². The molecule has 1 fully saturated rings. The Hall–Kier alpha value is -0.760. The molecule has 0 aromatic heterocycles. The molecular formula is C24H42N2. The Bertz CT molecular complexity index is 516. The standard InChI is InChI=1S/C24H42N2/c1-19(2)18-26(20(3)4)16-7-5-6-13-24-14-12-21-9-8-15-25-23(21)11-10-22(24)17-24/h12,14,19-20,22,25H,5-11,13,15-18H2,1-4H3/b14-12-. The van der Waals surface area contributed by atoms with Crippen LogP contribution in [0, 0.1) is 17.3 Å². The van der Waals surface area contributed by atoms with Crippen molar-refractivity contribution in [3.63, 3.8) is 0 Å². The summed E-state index contributed by atoms with van der Waals surface area (Å²) >= 11 is 0. The van der Waals surface area contributed by atoms with E-state index in [1.54, 1.807) is 11.3 Å². The number of unbranched alkanes of at least 4 members (excludes halogenated alkanes) is 2. The number of hydrogen-bond acceptors (Lipinski definition) is 2. The van der Waals surface area contributed by atoms with Gasteiger partial charge in [-0.15, -0.1) is 0 Å². The van der Waals surface area contributed by atoms with E-state index in [0.717, 1.165) is 11.8 Å². The van der Waals surface area contributed by atoms with Gasteiger partial charge in [-0.2, -0.15) is 0 Å². The molecular weight excluding hydrogens is 316 g/mol. The lowest BCUT2D eigenvalue weighted by atomic mass is 9.88. The van der Waals surface area contributed by atoms with Gasteiger partial charge in [0.1, 0.15) is 0 Å². The van der Waals surface area contributed by atoms with Crippen LogP contribution in [0.2, 0.25) is 0 Å². The second kappa shape index (κ2) is 8.95. The van der Waals surface area contributed by atoms with Gasteiger partial charge in [-0.1, -0.05) is 38.8 Å². The molecule has 2 nitrogen and oxygen atoms in total. The molecule has 2 heteroatoms. The molecule has 26 heavy (non-hydrogen) atoms. The number of rotatable bonds is 9. The highest BCUT2D eigenvalue weighted by molar-refractivity contribution is 5.32. The summed E-state index contributed by atoms with van der Waals surface area (Å²) in [5.74, 6) is 1.74. The normalized spacial score (nSPS) is 29.3. The first-order valence-electron chi connectivity index (χ1n) is 11.4. The fourth-order valence-corrected chi connectivity index (χ4v) is 5.16. The van der Waals surface area contributed by atoms with Crippen LogP contribution in [0.5, 0.6) is 0 Å². The molecule has 0 aromatic rings. The van der Waals surface area contributed by atoms with Gasteiger partial charge in [0.25, 0.3) is 0 Å². The average Bonchev–Trinajstić information content (AvgIpc) is 3.27. The van der Waals surface area contributed by atoms with E-state index in [9.17, 15) is 0 Å². The van der Waals surface area contributed by atoms with Crippen molar-refractivity contribution in [3.8, 4) is 0 Å². The molecule has 0 radical (unpaired) electrons. The fraction of sp³-hybridized carbons (Fsp3) is 0.833. The maximum absolute atomic E-state index is 3.66. The van der Waals surface area contributed by atoms with E-state index in [1.807, 2.05) is 0 Å². The second-order valence-electron chi connectivity index (χ2n) is 9.83. The van der Waals surface area contributed by atoms with Gasteiger partial charge in [-0.25, -0.2) is 0 Å². The highest BCUT2D eigenvalue weighted by Gasteiger charge is 2.51. The van der Waals surface area contributed by atoms with Crippen molar-refractivity contribution < 1.29 is 0 Å². The Morgan fingerprint density at radius 2 is 2.00 bits per heavy atom. The first-order chi connectivity index (χ1) is 12.5. The average molecular weight is 359 g/mol. The van der Waals surface area contributed by atoms with Crippen molar-refractivity contribution in [2.24, 2.45) is 17.3 Å². The third kappa shape index (κ3) is 5.15. The highest BCUT2D eigenvalue weighted by Crippen LogP contribution is 2.60. The number of nitrogens with one attached hydrogen (secondary N) is 1. The summed E-state index contributed by atoms with van der Waals surface area (Å²) in [5, 5.41) is 3.66. The van der Waals surface area contributed by atoms with Crippen LogP contribution in [0.1, 0.15) is 85.5 Å². The Balaban J connectivity index is 1.42. The van der Waals surface area contributed by atoms with E-state index in [2.05, 4.69) is 50.1 Å². The molecule has 2 aliphatic carbocycles. The van der Waals surface area contributed by atoms with E-state index in [-0.39, 0.29) is 0 Å². The summed E-state index contributed by atoms with van der Waals surface area (Å²) in [6, 6.07) is 0.684. The van der Waals surface area contributed by atoms with Crippen molar-refractivity contribution in [1.82, 2.24) is 10.2 Å². The van der Waals surface area contributed by atoms with Gasteiger partial charge in [0, 0.05) is 24.8 Å². The predicted octanol–water partition coefficient (Wildman–Crippen LogP) is 5.91. The monoisotopic (exact) mass is 358 g/mol. The number of hydrogen-bond donors (Lipinski definition) is 1. The molecule has 0 bridgehead atoms. The molecule has 0 saturated heterocycles.